The van der Waals surface area contributed by atoms with Crippen LogP contribution in [0, 0.1) is 5.41 Å². The van der Waals surface area contributed by atoms with Gasteiger partial charge in [0.1, 0.15) is 23.8 Å². The van der Waals surface area contributed by atoms with Crippen LogP contribution >= 0.6 is 0 Å². The molecular formula is C24H25F3N4O3. The van der Waals surface area contributed by atoms with Crippen molar-refractivity contribution in [3.05, 3.63) is 65.7 Å². The average Bonchev–Trinajstić information content (AvgIpc) is 3.06. The molecule has 2 atom stereocenters. The van der Waals surface area contributed by atoms with Gasteiger partial charge in [-0.15, -0.1) is 0 Å². The molecule has 34 heavy (non-hydrogen) atoms. The van der Waals surface area contributed by atoms with Gasteiger partial charge in [-0.05, 0) is 24.1 Å². The zero-order chi connectivity index (χ0) is 24.5. The van der Waals surface area contributed by atoms with E-state index < -0.39 is 35.7 Å². The lowest BCUT2D eigenvalue weighted by molar-refractivity contribution is -0.140. The largest absolute Gasteiger partial charge is 0.491 e. The number of nitrogens with two attached hydrogens (primary N) is 1. The Labute approximate surface area is 195 Å². The third-order valence-corrected chi connectivity index (χ3v) is 6.19. The quantitative estimate of drug-likeness (QED) is 0.698. The second-order valence-electron chi connectivity index (χ2n) is 8.54. The summed E-state index contributed by atoms with van der Waals surface area (Å²) in [7, 11) is 1.59. The zero-order valence-electron chi connectivity index (χ0n) is 18.6. The molecule has 0 bridgehead atoms. The van der Waals surface area contributed by atoms with Gasteiger partial charge in [0.05, 0.1) is 11.3 Å². The van der Waals surface area contributed by atoms with Gasteiger partial charge in [0.2, 0.25) is 5.91 Å². The molecule has 0 unspecified atom stereocenters. The number of halogens is 3. The van der Waals surface area contributed by atoms with Crippen LogP contribution in [0.1, 0.15) is 17.5 Å². The molecule has 1 saturated heterocycles. The number of nitrogens with zero attached hydrogens (tertiary/aromatic N) is 3. The van der Waals surface area contributed by atoms with E-state index in [9.17, 15) is 22.8 Å². The van der Waals surface area contributed by atoms with Gasteiger partial charge in [0.25, 0.3) is 5.91 Å². The van der Waals surface area contributed by atoms with E-state index in [1.54, 1.807) is 7.05 Å². The van der Waals surface area contributed by atoms with Crippen molar-refractivity contribution < 1.29 is 27.5 Å². The minimum Gasteiger partial charge on any atom is -0.491 e. The molecule has 2 heterocycles. The fourth-order valence-corrected chi connectivity index (χ4v) is 4.53. The summed E-state index contributed by atoms with van der Waals surface area (Å²) in [5, 5.41) is 5.72. The van der Waals surface area contributed by atoms with Crippen molar-refractivity contribution in [2.45, 2.75) is 25.1 Å². The number of likely N-dealkylation sites (tertiary alicyclic amines) is 1. The molecule has 0 aromatic heterocycles. The number of hydrogen-bond donors (Lipinski definition) is 1. The van der Waals surface area contributed by atoms with E-state index in [2.05, 4.69) is 5.10 Å². The van der Waals surface area contributed by atoms with Crippen LogP contribution in [0.2, 0.25) is 0 Å². The number of piperidine rings is 1. The van der Waals surface area contributed by atoms with Crippen molar-refractivity contribution in [3.63, 3.8) is 0 Å². The van der Waals surface area contributed by atoms with Crippen LogP contribution in [0.25, 0.3) is 0 Å². The Morgan fingerprint density at radius 3 is 2.56 bits per heavy atom. The molecule has 180 valence electrons. The number of hydrazone groups is 1. The molecule has 2 N–H and O–H groups in total. The summed E-state index contributed by atoms with van der Waals surface area (Å²) < 4.78 is 44.9. The number of amides is 2. The van der Waals surface area contributed by atoms with Crippen molar-refractivity contribution in [1.29, 1.82) is 0 Å². The number of carbonyl (C=O) groups excluding carboxylic acids is 2. The van der Waals surface area contributed by atoms with Gasteiger partial charge >= 0.3 is 6.18 Å². The van der Waals surface area contributed by atoms with Gasteiger partial charge < -0.3 is 15.4 Å². The first kappa shape index (κ1) is 23.7. The van der Waals surface area contributed by atoms with Gasteiger partial charge in [-0.25, -0.2) is 5.01 Å². The maximum atomic E-state index is 13.2. The molecule has 1 fully saturated rings. The number of ether oxygens (including phenoxy) is 1. The van der Waals surface area contributed by atoms with Crippen LogP contribution in [-0.2, 0) is 22.2 Å². The van der Waals surface area contributed by atoms with Gasteiger partial charge in [-0.1, -0.05) is 42.5 Å². The molecule has 2 amide bonds. The second-order valence-corrected chi connectivity index (χ2v) is 8.54. The van der Waals surface area contributed by atoms with Gasteiger partial charge in [-0.2, -0.15) is 18.3 Å². The molecule has 0 saturated carbocycles. The van der Waals surface area contributed by atoms with E-state index in [4.69, 9.17) is 10.5 Å². The Balaban J connectivity index is 1.49. The van der Waals surface area contributed by atoms with E-state index in [1.165, 1.54) is 28.1 Å². The summed E-state index contributed by atoms with van der Waals surface area (Å²) in [6.07, 6.45) is -3.81. The van der Waals surface area contributed by atoms with Crippen molar-refractivity contribution in [1.82, 2.24) is 9.91 Å². The lowest BCUT2D eigenvalue weighted by atomic mass is 9.73. The predicted octanol–water partition coefficient (Wildman–Crippen LogP) is 2.70. The van der Waals surface area contributed by atoms with Crippen molar-refractivity contribution in [3.8, 4) is 5.75 Å². The van der Waals surface area contributed by atoms with Crippen molar-refractivity contribution in [2.75, 3.05) is 26.7 Å². The molecule has 7 nitrogen and oxygen atoms in total. The van der Waals surface area contributed by atoms with Gasteiger partial charge in [0, 0.05) is 26.6 Å². The molecular weight excluding hydrogens is 449 g/mol. The summed E-state index contributed by atoms with van der Waals surface area (Å²) in [6.45, 7) is -0.0271. The number of benzene rings is 2. The Hall–Kier alpha value is -3.40. The SMILES string of the molecule is CN1N=C2CCN(C(=O)[C@H](N)COc3ccccc3C(F)(F)F)C[C@@]2(Cc2ccccc2)C1=O. The minimum absolute atomic E-state index is 0.0928. The summed E-state index contributed by atoms with van der Waals surface area (Å²) in [5.41, 5.74) is 5.75. The number of para-hydroxylation sites is 1. The van der Waals surface area contributed by atoms with E-state index in [0.29, 0.717) is 19.4 Å². The molecule has 0 spiro atoms. The average molecular weight is 474 g/mol. The maximum absolute atomic E-state index is 13.2. The first-order valence-corrected chi connectivity index (χ1v) is 10.9. The Morgan fingerprint density at radius 1 is 1.18 bits per heavy atom. The highest BCUT2D eigenvalue weighted by Crippen LogP contribution is 2.38. The van der Waals surface area contributed by atoms with E-state index >= 15 is 0 Å². The maximum Gasteiger partial charge on any atom is 0.419 e. The fourth-order valence-electron chi connectivity index (χ4n) is 4.53. The molecule has 0 aliphatic carbocycles. The van der Waals surface area contributed by atoms with Crippen LogP contribution in [-0.4, -0.2) is 60.2 Å². The summed E-state index contributed by atoms with van der Waals surface area (Å²) in [6, 6.07) is 13.0. The molecule has 10 heteroatoms. The summed E-state index contributed by atoms with van der Waals surface area (Å²) in [5.74, 6) is -1.08. The van der Waals surface area contributed by atoms with Crippen molar-refractivity contribution >= 4 is 17.5 Å². The topological polar surface area (TPSA) is 88.2 Å². The van der Waals surface area contributed by atoms with E-state index in [-0.39, 0.29) is 18.2 Å². The van der Waals surface area contributed by atoms with Crippen LogP contribution < -0.4 is 10.5 Å². The standard InChI is InChI=1S/C24H25F3N4O3/c1-30-22(33)23(13-16-7-3-2-4-8-16)15-31(12-11-20(23)29-30)21(32)18(28)14-34-19-10-6-5-9-17(19)24(25,26)27/h2-10,18H,11-15,28H2,1H3/t18-,23-/m1/s1. The molecule has 2 aliphatic rings. The zero-order valence-corrected chi connectivity index (χ0v) is 18.6. The minimum atomic E-state index is -4.59. The lowest BCUT2D eigenvalue weighted by Gasteiger charge is -2.40. The van der Waals surface area contributed by atoms with Crippen LogP contribution in [0.4, 0.5) is 13.2 Å². The van der Waals surface area contributed by atoms with Crippen LogP contribution in [0.15, 0.2) is 59.7 Å². The number of fused-ring (bicyclic) bond motifs is 1. The van der Waals surface area contributed by atoms with Crippen LogP contribution in [0.5, 0.6) is 5.75 Å². The number of rotatable bonds is 6. The fraction of sp³-hybridized carbons (Fsp3) is 0.375. The van der Waals surface area contributed by atoms with E-state index in [0.717, 1.165) is 17.3 Å². The third kappa shape index (κ3) is 4.50. The predicted molar refractivity (Wildman–Crippen MR) is 119 cm³/mol. The smallest absolute Gasteiger partial charge is 0.419 e. The highest BCUT2D eigenvalue weighted by atomic mass is 19.4. The number of alkyl halides is 3. The molecule has 0 radical (unpaired) electrons. The van der Waals surface area contributed by atoms with E-state index in [1.807, 2.05) is 30.3 Å². The summed E-state index contributed by atoms with van der Waals surface area (Å²) >= 11 is 0. The number of hydrogen-bond acceptors (Lipinski definition) is 5. The first-order chi connectivity index (χ1) is 16.1. The van der Waals surface area contributed by atoms with Crippen LogP contribution in [0.3, 0.4) is 0 Å². The lowest BCUT2D eigenvalue weighted by Crippen LogP contribution is -2.58. The molecule has 2 aromatic rings. The third-order valence-electron chi connectivity index (χ3n) is 6.19. The highest BCUT2D eigenvalue weighted by Gasteiger charge is 2.53. The monoisotopic (exact) mass is 474 g/mol. The van der Waals surface area contributed by atoms with Crippen molar-refractivity contribution in [2.24, 2.45) is 16.3 Å². The first-order valence-electron chi connectivity index (χ1n) is 10.9. The molecule has 4 rings (SSSR count). The van der Waals surface area contributed by atoms with Gasteiger partial charge in [0.15, 0.2) is 0 Å². The summed E-state index contributed by atoms with van der Waals surface area (Å²) in [4.78, 5) is 27.8. The molecule has 2 aliphatic heterocycles. The second kappa shape index (κ2) is 9.09. The molecule has 2 aromatic carbocycles. The Bertz CT molecular complexity index is 1110. The normalized spacial score (nSPS) is 21.2. The van der Waals surface area contributed by atoms with Gasteiger partial charge in [-0.3, -0.25) is 9.59 Å². The Morgan fingerprint density at radius 2 is 1.85 bits per heavy atom. The highest BCUT2D eigenvalue weighted by molar-refractivity contribution is 6.13. The Kier molecular flexibility index (Phi) is 6.35. The number of carbonyl (C=O) groups is 2.